The van der Waals surface area contributed by atoms with E-state index in [0.29, 0.717) is 18.9 Å². The van der Waals surface area contributed by atoms with Crippen LogP contribution in [0, 0.1) is 11.8 Å². The van der Waals surface area contributed by atoms with Crippen molar-refractivity contribution in [3.05, 3.63) is 0 Å². The highest BCUT2D eigenvalue weighted by Gasteiger charge is 2.20. The molecule has 0 aromatic rings. The summed E-state index contributed by atoms with van der Waals surface area (Å²) in [4.78, 5) is 22.4. The van der Waals surface area contributed by atoms with Crippen LogP contribution in [0.2, 0.25) is 0 Å². The molecule has 0 aliphatic heterocycles. The lowest BCUT2D eigenvalue weighted by Crippen LogP contribution is -2.46. The van der Waals surface area contributed by atoms with E-state index in [0.717, 1.165) is 12.8 Å². The Bertz CT molecular complexity index is 265. The first-order chi connectivity index (χ1) is 8.32. The molecule has 0 saturated carbocycles. The van der Waals surface area contributed by atoms with E-state index in [9.17, 15) is 9.59 Å². The summed E-state index contributed by atoms with van der Waals surface area (Å²) in [7, 11) is 0. The van der Waals surface area contributed by atoms with Gasteiger partial charge in [0.25, 0.3) is 0 Å². The predicted molar refractivity (Wildman–Crippen MR) is 71.5 cm³/mol. The summed E-state index contributed by atoms with van der Waals surface area (Å²) in [5.41, 5.74) is 0. The molecule has 5 heteroatoms. The molecule has 0 aliphatic carbocycles. The van der Waals surface area contributed by atoms with Crippen LogP contribution in [0.3, 0.4) is 0 Å². The normalized spacial score (nSPS) is 12.6. The molecule has 2 amide bonds. The van der Waals surface area contributed by atoms with Crippen molar-refractivity contribution >= 4 is 12.0 Å². The van der Waals surface area contributed by atoms with E-state index >= 15 is 0 Å². The smallest absolute Gasteiger partial charge is 0.326 e. The molecule has 0 aliphatic rings. The molecule has 106 valence electrons. The van der Waals surface area contributed by atoms with Gasteiger partial charge in [-0.15, -0.1) is 0 Å². The molecule has 0 unspecified atom stereocenters. The van der Waals surface area contributed by atoms with E-state index in [4.69, 9.17) is 5.11 Å². The van der Waals surface area contributed by atoms with Crippen LogP contribution in [0.4, 0.5) is 4.79 Å². The molecule has 0 radical (unpaired) electrons. The fraction of sp³-hybridized carbons (Fsp3) is 0.846. The molecule has 0 saturated heterocycles. The summed E-state index contributed by atoms with van der Waals surface area (Å²) in [6.07, 6.45) is 2.40. The number of rotatable bonds is 8. The molecule has 0 fully saturated rings. The zero-order chi connectivity index (χ0) is 14.1. The average Bonchev–Trinajstić information content (AvgIpc) is 2.22. The Kier molecular flexibility index (Phi) is 8.16. The Hall–Kier alpha value is -1.26. The molecule has 0 aromatic heterocycles. The molecule has 0 bridgehead atoms. The third kappa shape index (κ3) is 8.84. The SMILES string of the molecule is CC(C)CCCNC(=O)N[C@H](CC(C)C)C(=O)O. The maximum Gasteiger partial charge on any atom is 0.326 e. The third-order valence-corrected chi connectivity index (χ3v) is 2.55. The maximum atomic E-state index is 11.5. The van der Waals surface area contributed by atoms with Crippen molar-refractivity contribution in [2.24, 2.45) is 11.8 Å². The number of carbonyl (C=O) groups excluding carboxylic acids is 1. The number of carbonyl (C=O) groups is 2. The van der Waals surface area contributed by atoms with Gasteiger partial charge >= 0.3 is 12.0 Å². The number of amides is 2. The first-order valence-corrected chi connectivity index (χ1v) is 6.60. The van der Waals surface area contributed by atoms with Crippen LogP contribution in [0.25, 0.3) is 0 Å². The first kappa shape index (κ1) is 16.7. The first-order valence-electron chi connectivity index (χ1n) is 6.60. The highest BCUT2D eigenvalue weighted by Crippen LogP contribution is 2.05. The van der Waals surface area contributed by atoms with Gasteiger partial charge in [-0.1, -0.05) is 27.7 Å². The lowest BCUT2D eigenvalue weighted by molar-refractivity contribution is -0.139. The van der Waals surface area contributed by atoms with Crippen LogP contribution in [-0.4, -0.2) is 29.7 Å². The molecule has 0 rings (SSSR count). The minimum atomic E-state index is -0.985. The lowest BCUT2D eigenvalue weighted by Gasteiger charge is -2.17. The van der Waals surface area contributed by atoms with Gasteiger partial charge in [-0.3, -0.25) is 0 Å². The standard InChI is InChI=1S/C13H26N2O3/c1-9(2)6-5-7-14-13(18)15-11(12(16)17)8-10(3)4/h9-11H,5-8H2,1-4H3,(H,16,17)(H2,14,15,18)/t11-/m1/s1. The molecule has 1 atom stereocenters. The van der Waals surface area contributed by atoms with Gasteiger partial charge in [0.15, 0.2) is 0 Å². The molecular formula is C13H26N2O3. The number of carboxylic acid groups (broad SMARTS) is 1. The van der Waals surface area contributed by atoms with E-state index in [1.165, 1.54) is 0 Å². The third-order valence-electron chi connectivity index (χ3n) is 2.55. The average molecular weight is 258 g/mol. The number of hydrogen-bond acceptors (Lipinski definition) is 2. The van der Waals surface area contributed by atoms with Crippen LogP contribution in [0.15, 0.2) is 0 Å². The Morgan fingerprint density at radius 3 is 2.17 bits per heavy atom. The summed E-state index contributed by atoms with van der Waals surface area (Å²) in [6.45, 7) is 8.70. The summed E-state index contributed by atoms with van der Waals surface area (Å²) < 4.78 is 0. The molecule has 0 spiro atoms. The summed E-state index contributed by atoms with van der Waals surface area (Å²) in [5.74, 6) is -0.143. The van der Waals surface area contributed by atoms with Gasteiger partial charge in [-0.05, 0) is 31.1 Å². The maximum absolute atomic E-state index is 11.5. The predicted octanol–water partition coefficient (Wildman–Crippen LogP) is 2.22. The number of aliphatic carboxylic acids is 1. The van der Waals surface area contributed by atoms with Crippen molar-refractivity contribution < 1.29 is 14.7 Å². The number of urea groups is 1. The highest BCUT2D eigenvalue weighted by atomic mass is 16.4. The van der Waals surface area contributed by atoms with Crippen LogP contribution < -0.4 is 10.6 Å². The number of carboxylic acids is 1. The van der Waals surface area contributed by atoms with Crippen molar-refractivity contribution in [1.82, 2.24) is 10.6 Å². The van der Waals surface area contributed by atoms with Crippen molar-refractivity contribution in [3.8, 4) is 0 Å². The lowest BCUT2D eigenvalue weighted by atomic mass is 10.0. The minimum Gasteiger partial charge on any atom is -0.480 e. The molecule has 18 heavy (non-hydrogen) atoms. The highest BCUT2D eigenvalue weighted by molar-refractivity contribution is 5.82. The van der Waals surface area contributed by atoms with Crippen LogP contribution in [0.1, 0.15) is 47.0 Å². The van der Waals surface area contributed by atoms with E-state index in [1.54, 1.807) is 0 Å². The van der Waals surface area contributed by atoms with Gasteiger partial charge in [0.05, 0.1) is 0 Å². The molecule has 3 N–H and O–H groups in total. The second-order valence-corrected chi connectivity index (χ2v) is 5.46. The van der Waals surface area contributed by atoms with Gasteiger partial charge in [-0.25, -0.2) is 9.59 Å². The fourth-order valence-electron chi connectivity index (χ4n) is 1.61. The molecular weight excluding hydrogens is 232 g/mol. The van der Waals surface area contributed by atoms with E-state index < -0.39 is 18.0 Å². The van der Waals surface area contributed by atoms with Crippen LogP contribution in [-0.2, 0) is 4.79 Å². The zero-order valence-electron chi connectivity index (χ0n) is 11.8. The van der Waals surface area contributed by atoms with Crippen molar-refractivity contribution in [2.45, 2.75) is 53.0 Å². The van der Waals surface area contributed by atoms with Gasteiger partial charge in [0.2, 0.25) is 0 Å². The van der Waals surface area contributed by atoms with Crippen LogP contribution >= 0.6 is 0 Å². The number of hydrogen-bond donors (Lipinski definition) is 3. The Morgan fingerprint density at radius 2 is 1.72 bits per heavy atom. The summed E-state index contributed by atoms with van der Waals surface area (Å²) in [6, 6.07) is -1.21. The second kappa shape index (κ2) is 8.78. The molecule has 0 heterocycles. The second-order valence-electron chi connectivity index (χ2n) is 5.46. The van der Waals surface area contributed by atoms with E-state index in [-0.39, 0.29) is 5.92 Å². The topological polar surface area (TPSA) is 78.4 Å². The van der Waals surface area contributed by atoms with E-state index in [2.05, 4.69) is 24.5 Å². The Morgan fingerprint density at radius 1 is 1.11 bits per heavy atom. The van der Waals surface area contributed by atoms with Gasteiger partial charge in [0, 0.05) is 6.54 Å². The largest absolute Gasteiger partial charge is 0.480 e. The monoisotopic (exact) mass is 258 g/mol. The van der Waals surface area contributed by atoms with Gasteiger partial charge < -0.3 is 15.7 Å². The summed E-state index contributed by atoms with van der Waals surface area (Å²) >= 11 is 0. The Labute approximate surface area is 109 Å². The minimum absolute atomic E-state index is 0.229. The van der Waals surface area contributed by atoms with Crippen molar-refractivity contribution in [2.75, 3.05) is 6.54 Å². The van der Waals surface area contributed by atoms with Crippen LogP contribution in [0.5, 0.6) is 0 Å². The number of nitrogens with one attached hydrogen (secondary N) is 2. The summed E-state index contributed by atoms with van der Waals surface area (Å²) in [5, 5.41) is 14.1. The van der Waals surface area contributed by atoms with Gasteiger partial charge in [0.1, 0.15) is 6.04 Å². The zero-order valence-corrected chi connectivity index (χ0v) is 11.8. The van der Waals surface area contributed by atoms with Gasteiger partial charge in [-0.2, -0.15) is 0 Å². The molecule has 5 nitrogen and oxygen atoms in total. The quantitative estimate of drug-likeness (QED) is 0.584. The fourth-order valence-corrected chi connectivity index (χ4v) is 1.61. The van der Waals surface area contributed by atoms with Crippen molar-refractivity contribution in [3.63, 3.8) is 0 Å². The van der Waals surface area contributed by atoms with E-state index in [1.807, 2.05) is 13.8 Å². The molecule has 0 aromatic carbocycles. The Balaban J connectivity index is 3.92. The van der Waals surface area contributed by atoms with Crippen molar-refractivity contribution in [1.29, 1.82) is 0 Å².